The van der Waals surface area contributed by atoms with Gasteiger partial charge in [0.25, 0.3) is 11.8 Å². The van der Waals surface area contributed by atoms with E-state index in [2.05, 4.69) is 24.1 Å². The van der Waals surface area contributed by atoms with Crippen LogP contribution in [-0.2, 0) is 17.8 Å². The molecule has 3 rings (SSSR count). The van der Waals surface area contributed by atoms with Crippen LogP contribution in [0.1, 0.15) is 34.6 Å². The number of fused-ring (bicyclic) bond motifs is 1. The van der Waals surface area contributed by atoms with Gasteiger partial charge in [-0.1, -0.05) is 23.2 Å². The Hall–Kier alpha value is -1.80. The second-order valence-corrected chi connectivity index (χ2v) is 8.75. The van der Waals surface area contributed by atoms with Crippen molar-refractivity contribution in [2.45, 2.75) is 32.9 Å². The first-order chi connectivity index (χ1) is 13.3. The molecular weight excluding hydrogens is 421 g/mol. The molecule has 0 atom stereocenters. The van der Waals surface area contributed by atoms with Crippen molar-refractivity contribution < 1.29 is 14.3 Å². The number of halogens is 2. The normalized spacial score (nSPS) is 14.0. The van der Waals surface area contributed by atoms with Gasteiger partial charge < -0.3 is 15.8 Å². The number of ether oxygens (including phenoxy) is 1. The summed E-state index contributed by atoms with van der Waals surface area (Å²) in [6.45, 7) is 5.61. The molecular formula is C19H21Cl2N3O3S. The van der Waals surface area contributed by atoms with Crippen molar-refractivity contribution in [3.05, 3.63) is 44.2 Å². The summed E-state index contributed by atoms with van der Waals surface area (Å²) in [4.78, 5) is 27.8. The number of thiophene rings is 1. The second kappa shape index (κ2) is 8.69. The molecule has 1 aliphatic rings. The van der Waals surface area contributed by atoms with Gasteiger partial charge in [0.05, 0.1) is 10.6 Å². The molecule has 1 aromatic heterocycles. The number of hydrogen-bond donors (Lipinski definition) is 2. The first kappa shape index (κ1) is 20.9. The van der Waals surface area contributed by atoms with Crippen LogP contribution in [0.4, 0.5) is 5.00 Å². The lowest BCUT2D eigenvalue weighted by Gasteiger charge is -2.30. The number of benzene rings is 1. The summed E-state index contributed by atoms with van der Waals surface area (Å²) in [7, 11) is 0. The van der Waals surface area contributed by atoms with Crippen molar-refractivity contribution in [3.8, 4) is 5.75 Å². The van der Waals surface area contributed by atoms with Crippen LogP contribution in [0.25, 0.3) is 0 Å². The van der Waals surface area contributed by atoms with Crippen LogP contribution in [0.5, 0.6) is 5.75 Å². The fourth-order valence-corrected chi connectivity index (χ4v) is 4.87. The molecule has 0 saturated heterocycles. The van der Waals surface area contributed by atoms with Crippen LogP contribution in [0.2, 0.25) is 10.0 Å². The standard InChI is InChI=1S/C19H21Cl2N3O3S/c1-10(2)24-6-5-12-15(8-24)28-19(17(12)18(22)26)23-16(25)9-27-14-4-3-11(20)7-13(14)21/h3-4,7,10H,5-6,8-9H2,1-2H3,(H2,22,26)(H,23,25). The highest BCUT2D eigenvalue weighted by molar-refractivity contribution is 7.17. The predicted octanol–water partition coefficient (Wildman–Crippen LogP) is 3.94. The molecule has 150 valence electrons. The van der Waals surface area contributed by atoms with Crippen LogP contribution >= 0.6 is 34.5 Å². The van der Waals surface area contributed by atoms with Crippen LogP contribution in [0.15, 0.2) is 18.2 Å². The summed E-state index contributed by atoms with van der Waals surface area (Å²) >= 11 is 13.3. The number of hydrogen-bond acceptors (Lipinski definition) is 5. The fourth-order valence-electron chi connectivity index (χ4n) is 3.11. The number of nitrogens with zero attached hydrogens (tertiary/aromatic N) is 1. The Kier molecular flexibility index (Phi) is 6.50. The molecule has 1 aromatic carbocycles. The third kappa shape index (κ3) is 4.60. The average molecular weight is 442 g/mol. The largest absolute Gasteiger partial charge is 0.482 e. The molecule has 3 N–H and O–H groups in total. The molecule has 0 unspecified atom stereocenters. The van der Waals surface area contributed by atoms with E-state index in [1.54, 1.807) is 12.1 Å². The van der Waals surface area contributed by atoms with E-state index < -0.39 is 11.8 Å². The second-order valence-electron chi connectivity index (χ2n) is 6.80. The van der Waals surface area contributed by atoms with E-state index in [-0.39, 0.29) is 6.61 Å². The minimum atomic E-state index is -0.535. The minimum Gasteiger partial charge on any atom is -0.482 e. The minimum absolute atomic E-state index is 0.250. The number of carbonyl (C=O) groups excluding carboxylic acids is 2. The molecule has 0 fully saturated rings. The lowest BCUT2D eigenvalue weighted by molar-refractivity contribution is -0.118. The Balaban J connectivity index is 1.73. The summed E-state index contributed by atoms with van der Waals surface area (Å²) < 4.78 is 5.45. The van der Waals surface area contributed by atoms with Crippen LogP contribution in [-0.4, -0.2) is 35.9 Å². The molecule has 2 aromatic rings. The zero-order valence-corrected chi connectivity index (χ0v) is 17.9. The van der Waals surface area contributed by atoms with Crippen LogP contribution < -0.4 is 15.8 Å². The van der Waals surface area contributed by atoms with Gasteiger partial charge in [0.2, 0.25) is 0 Å². The monoisotopic (exact) mass is 441 g/mol. The zero-order chi connectivity index (χ0) is 20.4. The summed E-state index contributed by atoms with van der Waals surface area (Å²) in [5.74, 6) is -0.574. The van der Waals surface area contributed by atoms with Gasteiger partial charge in [-0.3, -0.25) is 14.5 Å². The molecule has 0 spiro atoms. The van der Waals surface area contributed by atoms with Gasteiger partial charge in [-0.15, -0.1) is 11.3 Å². The Morgan fingerprint density at radius 2 is 2.11 bits per heavy atom. The van der Waals surface area contributed by atoms with Gasteiger partial charge in [-0.2, -0.15) is 0 Å². The number of amides is 2. The maximum absolute atomic E-state index is 12.4. The smallest absolute Gasteiger partial charge is 0.262 e. The number of carbonyl (C=O) groups is 2. The first-order valence-corrected chi connectivity index (χ1v) is 10.4. The van der Waals surface area contributed by atoms with Crippen LogP contribution in [0, 0.1) is 0 Å². The Morgan fingerprint density at radius 1 is 1.36 bits per heavy atom. The van der Waals surface area contributed by atoms with Gasteiger partial charge in [-0.25, -0.2) is 0 Å². The number of nitrogens with one attached hydrogen (secondary N) is 1. The number of primary amides is 1. The van der Waals surface area contributed by atoms with Crippen molar-refractivity contribution >= 4 is 51.4 Å². The van der Waals surface area contributed by atoms with Gasteiger partial charge >= 0.3 is 0 Å². The molecule has 2 heterocycles. The van der Waals surface area contributed by atoms with E-state index in [0.29, 0.717) is 32.4 Å². The molecule has 0 saturated carbocycles. The van der Waals surface area contributed by atoms with Crippen LogP contribution in [0.3, 0.4) is 0 Å². The molecule has 2 amide bonds. The van der Waals surface area contributed by atoms with Crippen molar-refractivity contribution in [2.24, 2.45) is 5.73 Å². The van der Waals surface area contributed by atoms with Crippen molar-refractivity contribution in [2.75, 3.05) is 18.5 Å². The molecule has 28 heavy (non-hydrogen) atoms. The third-order valence-electron chi connectivity index (χ3n) is 4.57. The first-order valence-electron chi connectivity index (χ1n) is 8.82. The quantitative estimate of drug-likeness (QED) is 0.710. The van der Waals surface area contributed by atoms with Crippen molar-refractivity contribution in [1.82, 2.24) is 4.90 Å². The Morgan fingerprint density at radius 3 is 2.75 bits per heavy atom. The molecule has 0 radical (unpaired) electrons. The lowest BCUT2D eigenvalue weighted by atomic mass is 10.0. The van der Waals surface area contributed by atoms with Gasteiger partial charge in [0.15, 0.2) is 6.61 Å². The molecule has 6 nitrogen and oxygen atoms in total. The Labute approximate surface area is 177 Å². The van der Waals surface area contributed by atoms with Crippen molar-refractivity contribution in [1.29, 1.82) is 0 Å². The third-order valence-corrected chi connectivity index (χ3v) is 6.23. The van der Waals surface area contributed by atoms with E-state index in [4.69, 9.17) is 33.7 Å². The number of rotatable bonds is 6. The SMILES string of the molecule is CC(C)N1CCc2c(sc(NC(=O)COc3ccc(Cl)cc3Cl)c2C(N)=O)C1. The lowest BCUT2D eigenvalue weighted by Crippen LogP contribution is -2.35. The van der Waals surface area contributed by atoms with E-state index in [0.717, 1.165) is 30.0 Å². The highest BCUT2D eigenvalue weighted by atomic mass is 35.5. The van der Waals surface area contributed by atoms with E-state index >= 15 is 0 Å². The average Bonchev–Trinajstić information content (AvgIpc) is 2.97. The molecule has 0 aliphatic carbocycles. The van der Waals surface area contributed by atoms with Gasteiger partial charge in [0, 0.05) is 29.0 Å². The molecule has 9 heteroatoms. The highest BCUT2D eigenvalue weighted by Gasteiger charge is 2.28. The number of nitrogens with two attached hydrogens (primary N) is 1. The Bertz CT molecular complexity index is 914. The highest BCUT2D eigenvalue weighted by Crippen LogP contribution is 2.37. The fraction of sp³-hybridized carbons (Fsp3) is 0.368. The van der Waals surface area contributed by atoms with Gasteiger partial charge in [0.1, 0.15) is 10.8 Å². The predicted molar refractivity (Wildman–Crippen MR) is 113 cm³/mol. The maximum atomic E-state index is 12.4. The van der Waals surface area contributed by atoms with E-state index in [9.17, 15) is 9.59 Å². The summed E-state index contributed by atoms with van der Waals surface area (Å²) in [5, 5.41) is 4.03. The summed E-state index contributed by atoms with van der Waals surface area (Å²) in [6.07, 6.45) is 0.731. The van der Waals surface area contributed by atoms with E-state index in [1.165, 1.54) is 17.4 Å². The molecule has 0 bridgehead atoms. The molecule has 1 aliphatic heterocycles. The zero-order valence-electron chi connectivity index (χ0n) is 15.6. The summed E-state index contributed by atoms with van der Waals surface area (Å²) in [5.41, 5.74) is 6.93. The maximum Gasteiger partial charge on any atom is 0.262 e. The van der Waals surface area contributed by atoms with Crippen molar-refractivity contribution in [3.63, 3.8) is 0 Å². The number of anilines is 1. The summed E-state index contributed by atoms with van der Waals surface area (Å²) in [6, 6.07) is 5.16. The van der Waals surface area contributed by atoms with Gasteiger partial charge in [-0.05, 0) is 44.0 Å². The van der Waals surface area contributed by atoms with E-state index in [1.807, 2.05) is 0 Å². The topological polar surface area (TPSA) is 84.7 Å².